The summed E-state index contributed by atoms with van der Waals surface area (Å²) in [5, 5.41) is 12.6. The Hall–Kier alpha value is -1.29. The molecule has 0 radical (unpaired) electrons. The maximum Gasteiger partial charge on any atom is 0.125 e. The van der Waals surface area contributed by atoms with Crippen molar-refractivity contribution in [1.82, 2.24) is 0 Å². The number of nitrogens with one attached hydrogen (secondary N) is 1. The summed E-state index contributed by atoms with van der Waals surface area (Å²) in [5.41, 5.74) is 6.97. The zero-order chi connectivity index (χ0) is 11.5. The van der Waals surface area contributed by atoms with Gasteiger partial charge in [0.1, 0.15) is 5.82 Å². The van der Waals surface area contributed by atoms with Crippen molar-refractivity contribution in [2.75, 3.05) is 11.1 Å². The molecule has 4 N–H and O–H groups in total. The minimum atomic E-state index is -0.285. The van der Waals surface area contributed by atoms with E-state index >= 15 is 0 Å². The molecule has 0 aliphatic heterocycles. The highest BCUT2D eigenvalue weighted by Crippen LogP contribution is 2.25. The third kappa shape index (κ3) is 2.64. The molecule has 3 nitrogen and oxygen atoms in total. The molecule has 0 amide bonds. The Morgan fingerprint density at radius 1 is 1.25 bits per heavy atom. The monoisotopic (exact) mass is 224 g/mol. The summed E-state index contributed by atoms with van der Waals surface area (Å²) < 4.78 is 13.0. The van der Waals surface area contributed by atoms with Gasteiger partial charge in [-0.3, -0.25) is 0 Å². The number of benzene rings is 1. The number of rotatable bonds is 2. The number of anilines is 2. The summed E-state index contributed by atoms with van der Waals surface area (Å²) in [6.45, 7) is 0. The van der Waals surface area contributed by atoms with E-state index in [1.807, 2.05) is 0 Å². The van der Waals surface area contributed by atoms with E-state index in [1.165, 1.54) is 12.1 Å². The molecule has 4 heteroatoms. The molecule has 88 valence electrons. The van der Waals surface area contributed by atoms with Crippen LogP contribution in [-0.4, -0.2) is 17.3 Å². The Bertz CT molecular complexity index is 362. The lowest BCUT2D eigenvalue weighted by Crippen LogP contribution is -2.28. The predicted octanol–water partition coefficient (Wildman–Crippen LogP) is 2.12. The molecule has 0 saturated heterocycles. The molecule has 1 aromatic carbocycles. The molecule has 0 unspecified atom stereocenters. The number of halogens is 1. The molecule has 0 spiro atoms. The third-order valence-electron chi connectivity index (χ3n) is 3.07. The number of hydrogen-bond acceptors (Lipinski definition) is 3. The molecular weight excluding hydrogens is 207 g/mol. The summed E-state index contributed by atoms with van der Waals surface area (Å²) in [7, 11) is 0. The van der Waals surface area contributed by atoms with Crippen LogP contribution in [0.1, 0.15) is 25.7 Å². The van der Waals surface area contributed by atoms with Gasteiger partial charge < -0.3 is 16.2 Å². The van der Waals surface area contributed by atoms with Gasteiger partial charge in [-0.15, -0.1) is 0 Å². The molecule has 0 aromatic heterocycles. The Morgan fingerprint density at radius 3 is 2.62 bits per heavy atom. The SMILES string of the molecule is Nc1ccc(F)cc1N[C@H]1CC[C@H](O)CC1. The van der Waals surface area contributed by atoms with Gasteiger partial charge in [0.05, 0.1) is 17.5 Å². The summed E-state index contributed by atoms with van der Waals surface area (Å²) in [5.74, 6) is -0.285. The second kappa shape index (κ2) is 4.70. The van der Waals surface area contributed by atoms with Crippen molar-refractivity contribution in [1.29, 1.82) is 0 Å². The first kappa shape index (κ1) is 11.2. The maximum atomic E-state index is 13.0. The predicted molar refractivity (Wildman–Crippen MR) is 62.7 cm³/mol. The molecule has 0 atom stereocenters. The Morgan fingerprint density at radius 2 is 1.94 bits per heavy atom. The van der Waals surface area contributed by atoms with Gasteiger partial charge in [-0.05, 0) is 43.9 Å². The van der Waals surface area contributed by atoms with Crippen LogP contribution >= 0.6 is 0 Å². The molecular formula is C12H17FN2O. The first-order chi connectivity index (χ1) is 7.65. The Labute approximate surface area is 94.5 Å². The van der Waals surface area contributed by atoms with E-state index in [0.717, 1.165) is 25.7 Å². The molecule has 0 heterocycles. The van der Waals surface area contributed by atoms with Gasteiger partial charge in [0.2, 0.25) is 0 Å². The number of nitrogens with two attached hydrogens (primary N) is 1. The lowest BCUT2D eigenvalue weighted by Gasteiger charge is -2.27. The highest BCUT2D eigenvalue weighted by atomic mass is 19.1. The van der Waals surface area contributed by atoms with Crippen LogP contribution in [0.5, 0.6) is 0 Å². The minimum absolute atomic E-state index is 0.178. The van der Waals surface area contributed by atoms with Crippen LogP contribution in [0, 0.1) is 5.82 Å². The van der Waals surface area contributed by atoms with Crippen LogP contribution in [0.2, 0.25) is 0 Å². The molecule has 0 bridgehead atoms. The van der Waals surface area contributed by atoms with Gasteiger partial charge in [0.15, 0.2) is 0 Å². The fraction of sp³-hybridized carbons (Fsp3) is 0.500. The van der Waals surface area contributed by atoms with Crippen molar-refractivity contribution in [3.05, 3.63) is 24.0 Å². The smallest absolute Gasteiger partial charge is 0.125 e. The maximum absolute atomic E-state index is 13.0. The second-order valence-electron chi connectivity index (χ2n) is 4.38. The summed E-state index contributed by atoms with van der Waals surface area (Å²) >= 11 is 0. The number of nitrogen functional groups attached to an aromatic ring is 1. The number of hydrogen-bond donors (Lipinski definition) is 3. The average molecular weight is 224 g/mol. The van der Waals surface area contributed by atoms with E-state index in [2.05, 4.69) is 5.32 Å². The van der Waals surface area contributed by atoms with Crippen molar-refractivity contribution < 1.29 is 9.50 Å². The van der Waals surface area contributed by atoms with E-state index < -0.39 is 0 Å². The fourth-order valence-corrected chi connectivity index (χ4v) is 2.09. The quantitative estimate of drug-likeness (QED) is 0.674. The van der Waals surface area contributed by atoms with Crippen molar-refractivity contribution in [3.8, 4) is 0 Å². The average Bonchev–Trinajstić information content (AvgIpc) is 2.27. The molecule has 1 saturated carbocycles. The lowest BCUT2D eigenvalue weighted by molar-refractivity contribution is 0.126. The van der Waals surface area contributed by atoms with Gasteiger partial charge in [0, 0.05) is 6.04 Å². The zero-order valence-electron chi connectivity index (χ0n) is 9.12. The van der Waals surface area contributed by atoms with Crippen molar-refractivity contribution in [2.45, 2.75) is 37.8 Å². The van der Waals surface area contributed by atoms with E-state index in [-0.39, 0.29) is 18.0 Å². The third-order valence-corrected chi connectivity index (χ3v) is 3.07. The Kier molecular flexibility index (Phi) is 3.29. The lowest BCUT2D eigenvalue weighted by atomic mass is 9.93. The number of aliphatic hydroxyl groups is 1. The summed E-state index contributed by atoms with van der Waals surface area (Å²) in [4.78, 5) is 0. The van der Waals surface area contributed by atoms with Gasteiger partial charge >= 0.3 is 0 Å². The summed E-state index contributed by atoms with van der Waals surface area (Å²) in [6.07, 6.45) is 3.22. The van der Waals surface area contributed by atoms with Crippen LogP contribution in [0.15, 0.2) is 18.2 Å². The van der Waals surface area contributed by atoms with Crippen LogP contribution in [0.25, 0.3) is 0 Å². The Balaban J connectivity index is 2.00. The van der Waals surface area contributed by atoms with Gasteiger partial charge in [-0.25, -0.2) is 4.39 Å². The molecule has 2 rings (SSSR count). The van der Waals surface area contributed by atoms with E-state index in [1.54, 1.807) is 6.07 Å². The first-order valence-corrected chi connectivity index (χ1v) is 5.65. The summed E-state index contributed by atoms with van der Waals surface area (Å²) in [6, 6.07) is 4.62. The molecule has 1 aliphatic rings. The normalized spacial score (nSPS) is 25.4. The highest BCUT2D eigenvalue weighted by molar-refractivity contribution is 5.66. The van der Waals surface area contributed by atoms with Crippen LogP contribution in [0.3, 0.4) is 0 Å². The minimum Gasteiger partial charge on any atom is -0.397 e. The van der Waals surface area contributed by atoms with E-state index in [4.69, 9.17) is 5.73 Å². The standard InChI is InChI=1S/C12H17FN2O/c13-8-1-6-11(14)12(7-8)15-9-2-4-10(16)5-3-9/h1,6-7,9-10,15-16H,2-5,14H2/t9-,10-. The molecule has 1 aromatic rings. The van der Waals surface area contributed by atoms with Crippen LogP contribution in [0.4, 0.5) is 15.8 Å². The largest absolute Gasteiger partial charge is 0.397 e. The highest BCUT2D eigenvalue weighted by Gasteiger charge is 2.19. The van der Waals surface area contributed by atoms with Crippen LogP contribution < -0.4 is 11.1 Å². The van der Waals surface area contributed by atoms with Crippen molar-refractivity contribution in [3.63, 3.8) is 0 Å². The van der Waals surface area contributed by atoms with Gasteiger partial charge in [-0.2, -0.15) is 0 Å². The number of aliphatic hydroxyl groups excluding tert-OH is 1. The van der Waals surface area contributed by atoms with Gasteiger partial charge in [-0.1, -0.05) is 0 Å². The first-order valence-electron chi connectivity index (χ1n) is 5.65. The van der Waals surface area contributed by atoms with Gasteiger partial charge in [0.25, 0.3) is 0 Å². The van der Waals surface area contributed by atoms with Crippen molar-refractivity contribution in [2.24, 2.45) is 0 Å². The zero-order valence-corrected chi connectivity index (χ0v) is 9.12. The van der Waals surface area contributed by atoms with Crippen molar-refractivity contribution >= 4 is 11.4 Å². The van der Waals surface area contributed by atoms with E-state index in [0.29, 0.717) is 11.4 Å². The van der Waals surface area contributed by atoms with E-state index in [9.17, 15) is 9.50 Å². The van der Waals surface area contributed by atoms with Crippen LogP contribution in [-0.2, 0) is 0 Å². The molecule has 16 heavy (non-hydrogen) atoms. The molecule has 1 aliphatic carbocycles. The fourth-order valence-electron chi connectivity index (χ4n) is 2.09. The second-order valence-corrected chi connectivity index (χ2v) is 4.38. The molecule has 1 fully saturated rings. The topological polar surface area (TPSA) is 58.3 Å².